The van der Waals surface area contributed by atoms with Gasteiger partial charge in [-0.15, -0.1) is 0 Å². The number of allylic oxidation sites excluding steroid dienone is 1. The predicted octanol–water partition coefficient (Wildman–Crippen LogP) is 2.64. The zero-order chi connectivity index (χ0) is 15.4. The molecule has 3 rings (SSSR count). The molecule has 0 radical (unpaired) electrons. The number of aliphatic hydroxyl groups is 2. The van der Waals surface area contributed by atoms with Crippen LogP contribution in [0.5, 0.6) is 0 Å². The summed E-state index contributed by atoms with van der Waals surface area (Å²) in [6.07, 6.45) is 12.9. The summed E-state index contributed by atoms with van der Waals surface area (Å²) < 4.78 is 11.6. The second-order valence-corrected chi connectivity index (χ2v) is 7.08. The fraction of sp³-hybridized carbons (Fsp3) is 0.889. The largest absolute Gasteiger partial charge is 0.396 e. The Hall–Kier alpha value is -0.420. The predicted molar refractivity (Wildman–Crippen MR) is 84.3 cm³/mol. The molecule has 4 atom stereocenters. The van der Waals surface area contributed by atoms with E-state index in [-0.39, 0.29) is 17.8 Å². The van der Waals surface area contributed by atoms with Gasteiger partial charge in [0.05, 0.1) is 19.3 Å². The molecule has 1 saturated heterocycles. The van der Waals surface area contributed by atoms with Crippen LogP contribution in [0.3, 0.4) is 0 Å². The minimum Gasteiger partial charge on any atom is -0.396 e. The average Bonchev–Trinajstić information content (AvgIpc) is 3.09. The van der Waals surface area contributed by atoms with Crippen LogP contribution in [-0.2, 0) is 9.47 Å². The first-order valence-corrected chi connectivity index (χ1v) is 9.00. The quantitative estimate of drug-likeness (QED) is 0.534. The monoisotopic (exact) mass is 310 g/mol. The number of fused-ring (bicyclic) bond motifs is 2. The molecule has 0 amide bonds. The van der Waals surface area contributed by atoms with E-state index >= 15 is 0 Å². The molecule has 1 spiro atoms. The van der Waals surface area contributed by atoms with E-state index in [0.29, 0.717) is 31.7 Å². The summed E-state index contributed by atoms with van der Waals surface area (Å²) in [6.45, 7) is 1.73. The Labute approximate surface area is 133 Å². The second kappa shape index (κ2) is 7.43. The van der Waals surface area contributed by atoms with Crippen LogP contribution in [0.1, 0.15) is 51.4 Å². The fourth-order valence-electron chi connectivity index (χ4n) is 4.42. The molecule has 2 aliphatic carbocycles. The van der Waals surface area contributed by atoms with Crippen LogP contribution >= 0.6 is 0 Å². The van der Waals surface area contributed by atoms with Crippen LogP contribution in [0.4, 0.5) is 0 Å². The lowest BCUT2D eigenvalue weighted by molar-refractivity contribution is -0.275. The molecule has 3 fully saturated rings. The van der Waals surface area contributed by atoms with E-state index in [1.54, 1.807) is 0 Å². The van der Waals surface area contributed by atoms with Crippen molar-refractivity contribution in [1.29, 1.82) is 0 Å². The van der Waals surface area contributed by atoms with Gasteiger partial charge in [-0.3, -0.25) is 0 Å². The smallest absolute Gasteiger partial charge is 0.172 e. The Morgan fingerprint density at radius 1 is 1.05 bits per heavy atom. The van der Waals surface area contributed by atoms with E-state index in [9.17, 15) is 5.11 Å². The summed E-state index contributed by atoms with van der Waals surface area (Å²) >= 11 is 0. The highest BCUT2D eigenvalue weighted by atomic mass is 16.7. The number of hydrogen-bond acceptors (Lipinski definition) is 4. The van der Waals surface area contributed by atoms with Crippen LogP contribution in [-0.4, -0.2) is 41.9 Å². The molecule has 0 bridgehead atoms. The second-order valence-electron chi connectivity index (χ2n) is 7.08. The zero-order valence-corrected chi connectivity index (χ0v) is 13.5. The third kappa shape index (κ3) is 3.25. The molecule has 2 N–H and O–H groups in total. The number of aliphatic hydroxyl groups excluding tert-OH is 2. The van der Waals surface area contributed by atoms with Gasteiger partial charge >= 0.3 is 0 Å². The molecule has 2 saturated carbocycles. The molecule has 1 heterocycles. The molecule has 0 aromatic heterocycles. The summed E-state index contributed by atoms with van der Waals surface area (Å²) in [4.78, 5) is 0. The normalized spacial score (nSPS) is 36.1. The maximum absolute atomic E-state index is 10.4. The molecular formula is C18H30O4. The van der Waals surface area contributed by atoms with Crippen LogP contribution in [0.2, 0.25) is 0 Å². The van der Waals surface area contributed by atoms with Crippen molar-refractivity contribution in [3.8, 4) is 0 Å². The summed E-state index contributed by atoms with van der Waals surface area (Å²) in [7, 11) is 0. The first kappa shape index (κ1) is 16.4. The molecule has 3 aliphatic rings. The van der Waals surface area contributed by atoms with Gasteiger partial charge in [-0.2, -0.15) is 0 Å². The Balaban J connectivity index is 1.36. The zero-order valence-electron chi connectivity index (χ0n) is 13.5. The minimum atomic E-state index is -0.346. The van der Waals surface area contributed by atoms with Crippen molar-refractivity contribution in [1.82, 2.24) is 0 Å². The highest BCUT2D eigenvalue weighted by molar-refractivity contribution is 5.12. The highest BCUT2D eigenvalue weighted by Crippen LogP contribution is 2.59. The fourth-order valence-corrected chi connectivity index (χ4v) is 4.42. The van der Waals surface area contributed by atoms with Gasteiger partial charge in [0.1, 0.15) is 0 Å². The van der Waals surface area contributed by atoms with Crippen LogP contribution in [0.15, 0.2) is 12.2 Å². The van der Waals surface area contributed by atoms with Crippen molar-refractivity contribution in [2.45, 2.75) is 63.3 Å². The first-order chi connectivity index (χ1) is 10.8. The average molecular weight is 310 g/mol. The minimum absolute atomic E-state index is 0.218. The maximum Gasteiger partial charge on any atom is 0.172 e. The third-order valence-corrected chi connectivity index (χ3v) is 5.69. The van der Waals surface area contributed by atoms with E-state index < -0.39 is 0 Å². The molecule has 0 aromatic carbocycles. The van der Waals surface area contributed by atoms with E-state index in [0.717, 1.165) is 32.1 Å². The molecule has 0 aromatic rings. The van der Waals surface area contributed by atoms with Crippen molar-refractivity contribution < 1.29 is 19.7 Å². The van der Waals surface area contributed by atoms with Crippen molar-refractivity contribution >= 4 is 0 Å². The Morgan fingerprint density at radius 2 is 1.77 bits per heavy atom. The van der Waals surface area contributed by atoms with Crippen LogP contribution in [0, 0.1) is 17.8 Å². The number of unbranched alkanes of at least 4 members (excludes halogenated alkanes) is 5. The van der Waals surface area contributed by atoms with Crippen molar-refractivity contribution in [3.63, 3.8) is 0 Å². The number of rotatable bonds is 8. The molecule has 22 heavy (non-hydrogen) atoms. The van der Waals surface area contributed by atoms with Gasteiger partial charge < -0.3 is 19.7 Å². The lowest BCUT2D eigenvalue weighted by Crippen LogP contribution is -2.54. The van der Waals surface area contributed by atoms with Crippen molar-refractivity contribution in [2.24, 2.45) is 17.8 Å². The van der Waals surface area contributed by atoms with Gasteiger partial charge in [-0.1, -0.05) is 31.4 Å². The molecule has 1 aliphatic heterocycles. The molecule has 4 heteroatoms. The summed E-state index contributed by atoms with van der Waals surface area (Å²) in [6, 6.07) is 0. The Kier molecular flexibility index (Phi) is 5.55. The molecule has 126 valence electrons. The van der Waals surface area contributed by atoms with Crippen LogP contribution in [0.25, 0.3) is 0 Å². The highest BCUT2D eigenvalue weighted by Gasteiger charge is 2.64. The van der Waals surface area contributed by atoms with Gasteiger partial charge in [0, 0.05) is 24.9 Å². The topological polar surface area (TPSA) is 58.9 Å². The van der Waals surface area contributed by atoms with Gasteiger partial charge in [-0.05, 0) is 31.6 Å². The van der Waals surface area contributed by atoms with Crippen molar-refractivity contribution in [3.05, 3.63) is 12.2 Å². The summed E-state index contributed by atoms with van der Waals surface area (Å²) in [5, 5.41) is 19.2. The number of hydrogen-bond donors (Lipinski definition) is 2. The van der Waals surface area contributed by atoms with Gasteiger partial charge in [0.2, 0.25) is 0 Å². The molecule has 1 unspecified atom stereocenters. The Bertz CT molecular complexity index is 375. The van der Waals surface area contributed by atoms with E-state index in [4.69, 9.17) is 14.6 Å². The van der Waals surface area contributed by atoms with Gasteiger partial charge in [0.15, 0.2) is 5.79 Å². The lowest BCUT2D eigenvalue weighted by Gasteiger charge is -2.48. The SMILES string of the molecule is OCCCCCCCC=C[C@H]1C[C@H]2[C@@H](CC23OCCO3)C1O. The summed E-state index contributed by atoms with van der Waals surface area (Å²) in [5.74, 6) is 0.682. The molecule has 4 nitrogen and oxygen atoms in total. The van der Waals surface area contributed by atoms with E-state index in [1.165, 1.54) is 19.3 Å². The number of ether oxygens (including phenoxy) is 2. The molecular weight excluding hydrogens is 280 g/mol. The Morgan fingerprint density at radius 3 is 2.55 bits per heavy atom. The standard InChI is InChI=1S/C18H30O4/c19-9-7-5-3-1-2-4-6-8-14-12-16-15(17(14)20)13-18(16)21-10-11-22-18/h6,8,14-17,19-20H,1-5,7,9-13H2/t14-,15+,16-,17?/m0/s1. The van der Waals surface area contributed by atoms with Crippen molar-refractivity contribution in [2.75, 3.05) is 19.8 Å². The van der Waals surface area contributed by atoms with Gasteiger partial charge in [0.25, 0.3) is 0 Å². The van der Waals surface area contributed by atoms with Gasteiger partial charge in [-0.25, -0.2) is 0 Å². The third-order valence-electron chi connectivity index (χ3n) is 5.69. The van der Waals surface area contributed by atoms with Crippen LogP contribution < -0.4 is 0 Å². The lowest BCUT2D eigenvalue weighted by atomic mass is 9.69. The summed E-state index contributed by atoms with van der Waals surface area (Å²) in [5.41, 5.74) is 0. The van der Waals surface area contributed by atoms with E-state index in [2.05, 4.69) is 12.2 Å². The van der Waals surface area contributed by atoms with E-state index in [1.807, 2.05) is 0 Å². The maximum atomic E-state index is 10.4. The first-order valence-electron chi connectivity index (χ1n) is 9.00.